The minimum absolute atomic E-state index is 0.110. The molecule has 1 aromatic heterocycles. The predicted molar refractivity (Wildman–Crippen MR) is 67.8 cm³/mol. The van der Waals surface area contributed by atoms with Gasteiger partial charge in [0.1, 0.15) is 0 Å². The van der Waals surface area contributed by atoms with E-state index in [-0.39, 0.29) is 4.74 Å². The van der Waals surface area contributed by atoms with Crippen LogP contribution in [0.5, 0.6) is 0 Å². The summed E-state index contributed by atoms with van der Waals surface area (Å²) in [6.07, 6.45) is 2.00. The number of hydrogen-bond donors (Lipinski definition) is 0. The molecule has 0 aliphatic carbocycles. The summed E-state index contributed by atoms with van der Waals surface area (Å²) in [5.41, 5.74) is 2.31. The van der Waals surface area contributed by atoms with Gasteiger partial charge in [0, 0.05) is 5.56 Å². The molecular weight excluding hydrogens is 224 g/mol. The molecule has 0 radical (unpaired) electrons. The van der Waals surface area contributed by atoms with Crippen LogP contribution in [0.25, 0.3) is 11.1 Å². The summed E-state index contributed by atoms with van der Waals surface area (Å²) in [6, 6.07) is 13.7. The summed E-state index contributed by atoms with van der Waals surface area (Å²) in [5, 5.41) is 0. The van der Waals surface area contributed by atoms with E-state index in [4.69, 9.17) is 0 Å². The first-order chi connectivity index (χ1) is 7.31. The van der Waals surface area contributed by atoms with Crippen LogP contribution >= 0.6 is 23.1 Å². The van der Waals surface area contributed by atoms with E-state index in [1.54, 1.807) is 17.8 Å². The topological polar surface area (TPSA) is 17.1 Å². The van der Waals surface area contributed by atoms with Gasteiger partial charge in [0.25, 0.3) is 0 Å². The molecule has 0 spiro atoms. The lowest BCUT2D eigenvalue weighted by Gasteiger charge is -2.04. The number of benzene rings is 1. The molecule has 15 heavy (non-hydrogen) atoms. The molecule has 1 nitrogen and oxygen atoms in total. The van der Waals surface area contributed by atoms with E-state index in [2.05, 4.69) is 12.1 Å². The van der Waals surface area contributed by atoms with E-state index >= 15 is 0 Å². The third-order valence-electron chi connectivity index (χ3n) is 2.07. The van der Waals surface area contributed by atoms with Gasteiger partial charge >= 0.3 is 0 Å². The van der Waals surface area contributed by atoms with E-state index in [1.165, 1.54) is 11.3 Å². The van der Waals surface area contributed by atoms with Crippen LogP contribution in [0.1, 0.15) is 0 Å². The lowest BCUT2D eigenvalue weighted by molar-refractivity contribution is 1.56. The van der Waals surface area contributed by atoms with E-state index < -0.39 is 0 Å². The summed E-state index contributed by atoms with van der Waals surface area (Å²) in [7, 11) is 0. The van der Waals surface area contributed by atoms with Crippen LogP contribution in [0.15, 0.2) is 51.5 Å². The van der Waals surface area contributed by atoms with Crippen LogP contribution in [0, 0.1) is 0 Å². The smallest absolute Gasteiger partial charge is 0.233 e. The van der Waals surface area contributed by atoms with Gasteiger partial charge in [-0.15, -0.1) is 11.8 Å². The number of thioether (sulfide) groups is 1. The summed E-state index contributed by atoms with van der Waals surface area (Å²) in [5.74, 6) is 0. The molecule has 3 heteroatoms. The molecule has 0 unspecified atom stereocenters. The molecule has 2 aromatic rings. The lowest BCUT2D eigenvalue weighted by atomic mass is 10.1. The summed E-state index contributed by atoms with van der Waals surface area (Å²) in [4.78, 5) is 11.2. The fourth-order valence-electron chi connectivity index (χ4n) is 1.38. The minimum Gasteiger partial charge on any atom is -0.278 e. The first kappa shape index (κ1) is 10.5. The van der Waals surface area contributed by atoms with Gasteiger partial charge < -0.3 is 0 Å². The van der Waals surface area contributed by atoms with Crippen molar-refractivity contribution in [3.63, 3.8) is 0 Å². The maximum Gasteiger partial charge on any atom is 0.233 e. The molecule has 0 saturated carbocycles. The quantitative estimate of drug-likeness (QED) is 0.740. The summed E-state index contributed by atoms with van der Waals surface area (Å²) in [6.45, 7) is 0. The molecule has 1 aromatic carbocycles. The van der Waals surface area contributed by atoms with Crippen molar-refractivity contribution in [1.82, 2.24) is 0 Å². The molecule has 0 N–H and O–H groups in total. The first-order valence-corrected chi connectivity index (χ1v) is 6.59. The Bertz CT molecular complexity index is 503. The van der Waals surface area contributed by atoms with E-state index in [0.717, 1.165) is 15.3 Å². The largest absolute Gasteiger partial charge is 0.278 e. The van der Waals surface area contributed by atoms with Crippen molar-refractivity contribution in [3.8, 4) is 11.1 Å². The second kappa shape index (κ2) is 4.64. The highest BCUT2D eigenvalue weighted by Crippen LogP contribution is 2.31. The van der Waals surface area contributed by atoms with Crippen LogP contribution in [0.4, 0.5) is 0 Å². The van der Waals surface area contributed by atoms with E-state index in [1.807, 2.05) is 30.5 Å². The Morgan fingerprint density at radius 2 is 1.80 bits per heavy atom. The highest BCUT2D eigenvalue weighted by atomic mass is 32.2. The number of hydrogen-bond acceptors (Lipinski definition) is 3. The van der Waals surface area contributed by atoms with Gasteiger partial charge in [0.2, 0.25) is 4.74 Å². The van der Waals surface area contributed by atoms with E-state index in [0.29, 0.717) is 0 Å². The predicted octanol–water partition coefficient (Wildman–Crippen LogP) is 3.50. The Balaban J connectivity index is 2.58. The molecular formula is C12H10OS2. The van der Waals surface area contributed by atoms with Gasteiger partial charge in [0.05, 0.1) is 4.21 Å². The second-order valence-electron chi connectivity index (χ2n) is 3.03. The highest BCUT2D eigenvalue weighted by molar-refractivity contribution is 8.00. The summed E-state index contributed by atoms with van der Waals surface area (Å²) >= 11 is 2.93. The molecule has 0 fully saturated rings. The SMILES string of the molecule is CSc1sc(=O)ccc1-c1ccccc1. The van der Waals surface area contributed by atoms with Gasteiger partial charge in [-0.1, -0.05) is 41.7 Å². The molecule has 0 bridgehead atoms. The van der Waals surface area contributed by atoms with Gasteiger partial charge in [-0.25, -0.2) is 0 Å². The van der Waals surface area contributed by atoms with Crippen molar-refractivity contribution in [2.75, 3.05) is 6.26 Å². The molecule has 2 rings (SSSR count). The molecule has 0 aliphatic heterocycles. The maximum atomic E-state index is 11.2. The van der Waals surface area contributed by atoms with Crippen molar-refractivity contribution >= 4 is 23.1 Å². The Morgan fingerprint density at radius 1 is 1.07 bits per heavy atom. The molecule has 0 amide bonds. The molecule has 76 valence electrons. The van der Waals surface area contributed by atoms with E-state index in [9.17, 15) is 4.79 Å². The van der Waals surface area contributed by atoms with Crippen molar-refractivity contribution in [2.24, 2.45) is 0 Å². The lowest BCUT2D eigenvalue weighted by Crippen LogP contribution is -1.92. The van der Waals surface area contributed by atoms with Crippen LogP contribution in [-0.2, 0) is 0 Å². The second-order valence-corrected chi connectivity index (χ2v) is 5.12. The average molecular weight is 234 g/mol. The van der Waals surface area contributed by atoms with Crippen molar-refractivity contribution in [3.05, 3.63) is 52.0 Å². The van der Waals surface area contributed by atoms with Gasteiger partial charge in [-0.3, -0.25) is 4.79 Å². The third-order valence-corrected chi connectivity index (χ3v) is 4.15. The highest BCUT2D eigenvalue weighted by Gasteiger charge is 2.04. The fourth-order valence-corrected chi connectivity index (χ4v) is 2.98. The van der Waals surface area contributed by atoms with Crippen LogP contribution in [0.3, 0.4) is 0 Å². The molecule has 0 saturated heterocycles. The summed E-state index contributed by atoms with van der Waals surface area (Å²) < 4.78 is 1.19. The van der Waals surface area contributed by atoms with Crippen molar-refractivity contribution in [1.29, 1.82) is 0 Å². The van der Waals surface area contributed by atoms with Crippen LogP contribution in [-0.4, -0.2) is 6.26 Å². The van der Waals surface area contributed by atoms with Gasteiger partial charge in [0.15, 0.2) is 0 Å². The maximum absolute atomic E-state index is 11.2. The van der Waals surface area contributed by atoms with Crippen molar-refractivity contribution < 1.29 is 0 Å². The Morgan fingerprint density at radius 3 is 2.47 bits per heavy atom. The van der Waals surface area contributed by atoms with Crippen LogP contribution < -0.4 is 4.74 Å². The Kier molecular flexibility index (Phi) is 3.23. The Labute approximate surface area is 96.8 Å². The van der Waals surface area contributed by atoms with Crippen molar-refractivity contribution in [2.45, 2.75) is 4.21 Å². The molecule has 0 atom stereocenters. The first-order valence-electron chi connectivity index (χ1n) is 4.55. The molecule has 0 aliphatic rings. The third kappa shape index (κ3) is 2.30. The normalized spacial score (nSPS) is 10.2. The number of rotatable bonds is 2. The zero-order valence-corrected chi connectivity index (χ0v) is 9.90. The van der Waals surface area contributed by atoms with Gasteiger partial charge in [-0.2, -0.15) is 0 Å². The molecule has 1 heterocycles. The average Bonchev–Trinajstić information content (AvgIpc) is 2.30. The minimum atomic E-state index is 0.110. The Hall–Kier alpha value is -1.06. The van der Waals surface area contributed by atoms with Gasteiger partial charge in [-0.05, 0) is 24.0 Å². The zero-order chi connectivity index (χ0) is 10.7. The van der Waals surface area contributed by atoms with Crippen LogP contribution in [0.2, 0.25) is 0 Å². The monoisotopic (exact) mass is 234 g/mol. The standard InChI is InChI=1S/C12H10OS2/c1-14-12-10(7-8-11(13)15-12)9-5-3-2-4-6-9/h2-8H,1H3. The zero-order valence-electron chi connectivity index (χ0n) is 8.27. The fraction of sp³-hybridized carbons (Fsp3) is 0.0833.